The number of para-hydroxylation sites is 1. The number of nitrogens with one attached hydrogen (secondary N) is 1. The molecule has 0 aliphatic carbocycles. The van der Waals surface area contributed by atoms with E-state index in [1.165, 1.54) is 13.0 Å². The Hall–Kier alpha value is -2.74. The highest BCUT2D eigenvalue weighted by molar-refractivity contribution is 5.96. The first-order chi connectivity index (χ1) is 14.8. The second kappa shape index (κ2) is 10.0. The predicted octanol–water partition coefficient (Wildman–Crippen LogP) is 5.72. The van der Waals surface area contributed by atoms with Gasteiger partial charge in [0.15, 0.2) is 0 Å². The molecule has 3 rings (SSSR count). The summed E-state index contributed by atoms with van der Waals surface area (Å²) in [7, 11) is 0. The summed E-state index contributed by atoms with van der Waals surface area (Å²) >= 11 is 0. The maximum Gasteiger partial charge on any atom is 0.573 e. The molecule has 0 saturated carbocycles. The van der Waals surface area contributed by atoms with Crippen LogP contribution in [0.1, 0.15) is 60.1 Å². The molecule has 0 spiro atoms. The quantitative estimate of drug-likeness (QED) is 0.325. The summed E-state index contributed by atoms with van der Waals surface area (Å²) < 4.78 is 55.3. The lowest BCUT2D eigenvalue weighted by molar-refractivity contribution is -0.275. The van der Waals surface area contributed by atoms with Crippen LogP contribution >= 0.6 is 0 Å². The summed E-state index contributed by atoms with van der Waals surface area (Å²) in [5.41, 5.74) is 0.298. The number of rotatable bonds is 8. The van der Waals surface area contributed by atoms with Crippen LogP contribution in [0.15, 0.2) is 36.4 Å². The molecule has 1 aliphatic rings. The van der Waals surface area contributed by atoms with Gasteiger partial charge in [-0.25, -0.2) is 4.79 Å². The van der Waals surface area contributed by atoms with Gasteiger partial charge < -0.3 is 19.5 Å². The van der Waals surface area contributed by atoms with Crippen molar-refractivity contribution < 1.29 is 32.2 Å². The van der Waals surface area contributed by atoms with Crippen LogP contribution in [-0.2, 0) is 0 Å². The fraction of sp³-hybridized carbons (Fsp3) is 0.435. The van der Waals surface area contributed by atoms with Crippen LogP contribution in [0.5, 0.6) is 17.2 Å². The molecular weight excluding hydrogens is 411 g/mol. The van der Waals surface area contributed by atoms with Gasteiger partial charge in [0.2, 0.25) is 0 Å². The van der Waals surface area contributed by atoms with E-state index in [1.54, 1.807) is 30.3 Å². The van der Waals surface area contributed by atoms with Crippen LogP contribution in [0.3, 0.4) is 0 Å². The third-order valence-corrected chi connectivity index (χ3v) is 5.08. The zero-order valence-corrected chi connectivity index (χ0v) is 17.6. The second-order valence-corrected chi connectivity index (χ2v) is 7.39. The summed E-state index contributed by atoms with van der Waals surface area (Å²) in [5.74, 6) is -0.695. The number of benzene rings is 2. The molecule has 5 nitrogen and oxygen atoms in total. The average Bonchev–Trinajstić information content (AvgIpc) is 3.24. The molecule has 2 aromatic rings. The lowest BCUT2D eigenvalue weighted by Crippen LogP contribution is -2.23. The number of hydrogen-bond acceptors (Lipinski definition) is 5. The number of alkyl halides is 3. The average molecular weight is 437 g/mol. The number of esters is 1. The molecule has 31 heavy (non-hydrogen) atoms. The van der Waals surface area contributed by atoms with E-state index in [9.17, 15) is 18.0 Å². The van der Waals surface area contributed by atoms with E-state index in [2.05, 4.69) is 10.1 Å². The first kappa shape index (κ1) is 22.9. The Kier molecular flexibility index (Phi) is 7.43. The SMILES string of the molecule is CCCCOc1cc(C2CCCN2)c(OC(F)(F)F)c(C)c1C(=O)Oc1ccccc1. The highest BCUT2D eigenvalue weighted by Gasteiger charge is 2.37. The highest BCUT2D eigenvalue weighted by atomic mass is 19.4. The van der Waals surface area contributed by atoms with Crippen molar-refractivity contribution in [2.45, 2.75) is 51.9 Å². The van der Waals surface area contributed by atoms with Crippen molar-refractivity contribution in [1.29, 1.82) is 0 Å². The van der Waals surface area contributed by atoms with E-state index in [1.807, 2.05) is 6.92 Å². The van der Waals surface area contributed by atoms with E-state index in [0.29, 0.717) is 25.1 Å². The molecular formula is C23H26F3NO4. The van der Waals surface area contributed by atoms with Crippen LogP contribution in [0.25, 0.3) is 0 Å². The van der Waals surface area contributed by atoms with Gasteiger partial charge in [-0.3, -0.25) is 0 Å². The molecule has 1 saturated heterocycles. The predicted molar refractivity (Wildman–Crippen MR) is 110 cm³/mol. The molecule has 1 N–H and O–H groups in total. The van der Waals surface area contributed by atoms with E-state index >= 15 is 0 Å². The maximum absolute atomic E-state index is 13.2. The van der Waals surface area contributed by atoms with Crippen molar-refractivity contribution in [2.75, 3.05) is 13.2 Å². The van der Waals surface area contributed by atoms with Crippen molar-refractivity contribution in [3.63, 3.8) is 0 Å². The normalized spacial score (nSPS) is 16.2. The van der Waals surface area contributed by atoms with Crippen molar-refractivity contribution >= 4 is 5.97 Å². The standard InChI is InChI=1S/C23H26F3NO4/c1-3-4-13-29-19-14-17(18-11-8-12-27-18)21(31-23(24,25)26)15(2)20(19)22(28)30-16-9-6-5-7-10-16/h5-7,9-10,14,18,27H,3-4,8,11-13H2,1-2H3. The number of hydrogen-bond donors (Lipinski definition) is 1. The third-order valence-electron chi connectivity index (χ3n) is 5.08. The largest absolute Gasteiger partial charge is 0.573 e. The van der Waals surface area contributed by atoms with E-state index in [-0.39, 0.29) is 34.4 Å². The van der Waals surface area contributed by atoms with Crippen molar-refractivity contribution in [1.82, 2.24) is 5.32 Å². The first-order valence-electron chi connectivity index (χ1n) is 10.4. The highest BCUT2D eigenvalue weighted by Crippen LogP contribution is 2.42. The molecule has 0 radical (unpaired) electrons. The molecule has 2 aromatic carbocycles. The van der Waals surface area contributed by atoms with Crippen LogP contribution in [0.4, 0.5) is 13.2 Å². The monoisotopic (exact) mass is 437 g/mol. The molecule has 8 heteroatoms. The van der Waals surface area contributed by atoms with E-state index in [0.717, 1.165) is 19.3 Å². The minimum absolute atomic E-state index is 0.0379. The maximum atomic E-state index is 13.2. The zero-order chi connectivity index (χ0) is 22.4. The lowest BCUT2D eigenvalue weighted by Gasteiger charge is -2.23. The molecule has 1 fully saturated rings. The Morgan fingerprint density at radius 3 is 2.58 bits per heavy atom. The number of halogens is 3. The summed E-state index contributed by atoms with van der Waals surface area (Å²) in [6.07, 6.45) is -1.79. The molecule has 168 valence electrons. The van der Waals surface area contributed by atoms with Crippen LogP contribution in [0, 0.1) is 6.92 Å². The number of ether oxygens (including phenoxy) is 3. The molecule has 1 atom stereocenters. The minimum Gasteiger partial charge on any atom is -0.493 e. The Morgan fingerprint density at radius 1 is 1.23 bits per heavy atom. The van der Waals surface area contributed by atoms with Gasteiger partial charge in [-0.1, -0.05) is 31.5 Å². The van der Waals surface area contributed by atoms with Gasteiger partial charge in [0.1, 0.15) is 22.8 Å². The van der Waals surface area contributed by atoms with Crippen LogP contribution in [0.2, 0.25) is 0 Å². The van der Waals surface area contributed by atoms with Gasteiger partial charge in [0, 0.05) is 17.2 Å². The van der Waals surface area contributed by atoms with Gasteiger partial charge in [0.25, 0.3) is 0 Å². The Balaban J connectivity index is 2.08. The first-order valence-corrected chi connectivity index (χ1v) is 10.4. The Labute approximate surface area is 179 Å². The molecule has 0 amide bonds. The topological polar surface area (TPSA) is 56.8 Å². The molecule has 0 bridgehead atoms. The van der Waals surface area contributed by atoms with Crippen molar-refractivity contribution in [2.24, 2.45) is 0 Å². The van der Waals surface area contributed by atoms with E-state index in [4.69, 9.17) is 9.47 Å². The van der Waals surface area contributed by atoms with Gasteiger partial charge in [0.05, 0.1) is 6.61 Å². The molecule has 1 unspecified atom stereocenters. The summed E-state index contributed by atoms with van der Waals surface area (Å²) in [6, 6.07) is 9.50. The van der Waals surface area contributed by atoms with Gasteiger partial charge >= 0.3 is 12.3 Å². The summed E-state index contributed by atoms with van der Waals surface area (Å²) in [6.45, 7) is 4.44. The van der Waals surface area contributed by atoms with E-state index < -0.39 is 12.3 Å². The van der Waals surface area contributed by atoms with Crippen LogP contribution in [-0.4, -0.2) is 25.5 Å². The minimum atomic E-state index is -4.90. The van der Waals surface area contributed by atoms with Crippen LogP contribution < -0.4 is 19.5 Å². The van der Waals surface area contributed by atoms with Gasteiger partial charge in [-0.15, -0.1) is 13.2 Å². The van der Waals surface area contributed by atoms with Gasteiger partial charge in [-0.05, 0) is 50.9 Å². The number of carbonyl (C=O) groups excluding carboxylic acids is 1. The zero-order valence-electron chi connectivity index (χ0n) is 17.6. The Bertz CT molecular complexity index is 894. The lowest BCUT2D eigenvalue weighted by atomic mass is 9.96. The fourth-order valence-electron chi connectivity index (χ4n) is 3.59. The van der Waals surface area contributed by atoms with Crippen molar-refractivity contribution in [3.05, 3.63) is 53.1 Å². The smallest absolute Gasteiger partial charge is 0.493 e. The fourth-order valence-corrected chi connectivity index (χ4v) is 3.59. The second-order valence-electron chi connectivity index (χ2n) is 7.39. The summed E-state index contributed by atoms with van der Waals surface area (Å²) in [5, 5.41) is 3.19. The molecule has 1 aliphatic heterocycles. The number of unbranched alkanes of at least 4 members (excludes halogenated alkanes) is 1. The number of carbonyl (C=O) groups is 1. The summed E-state index contributed by atoms with van der Waals surface area (Å²) in [4.78, 5) is 13.0. The molecule has 1 heterocycles. The van der Waals surface area contributed by atoms with Crippen molar-refractivity contribution in [3.8, 4) is 17.2 Å². The molecule has 0 aromatic heterocycles. The van der Waals surface area contributed by atoms with Gasteiger partial charge in [-0.2, -0.15) is 0 Å². The Morgan fingerprint density at radius 2 is 1.97 bits per heavy atom. The third kappa shape index (κ3) is 5.91.